The number of nitrogens with zero attached hydrogens (tertiary/aromatic N) is 3. The molecule has 0 saturated carbocycles. The first kappa shape index (κ1) is 25.3. The van der Waals surface area contributed by atoms with Crippen LogP contribution < -0.4 is 0 Å². The Morgan fingerprint density at radius 2 is 0.930 bits per heavy atom. The van der Waals surface area contributed by atoms with E-state index in [4.69, 9.17) is 15.0 Å². The van der Waals surface area contributed by atoms with Gasteiger partial charge in [-0.1, -0.05) is 147 Å². The van der Waals surface area contributed by atoms with Crippen molar-refractivity contribution in [3.63, 3.8) is 0 Å². The second-order valence-corrected chi connectivity index (χ2v) is 11.7. The molecule has 0 aliphatic heterocycles. The summed E-state index contributed by atoms with van der Waals surface area (Å²) in [7, 11) is 0. The van der Waals surface area contributed by atoms with E-state index in [2.05, 4.69) is 129 Å². The molecule has 8 rings (SSSR count). The maximum absolute atomic E-state index is 5.05. The van der Waals surface area contributed by atoms with Crippen LogP contribution in [0.3, 0.4) is 0 Å². The van der Waals surface area contributed by atoms with Gasteiger partial charge in [-0.15, -0.1) is 0 Å². The molecule has 0 atom stereocenters. The Labute approximate surface area is 251 Å². The summed E-state index contributed by atoms with van der Waals surface area (Å²) in [5.74, 6) is 2.01. The van der Waals surface area contributed by atoms with Gasteiger partial charge in [0.2, 0.25) is 0 Å². The van der Waals surface area contributed by atoms with Gasteiger partial charge in [0.1, 0.15) is 0 Å². The second-order valence-electron chi connectivity index (χ2n) is 11.7. The van der Waals surface area contributed by atoms with E-state index >= 15 is 0 Å². The fourth-order valence-electron chi connectivity index (χ4n) is 6.44. The van der Waals surface area contributed by atoms with Crippen molar-refractivity contribution in [3.05, 3.63) is 151 Å². The van der Waals surface area contributed by atoms with Crippen LogP contribution in [0.5, 0.6) is 0 Å². The average molecular weight is 552 g/mol. The minimum Gasteiger partial charge on any atom is -0.208 e. The zero-order valence-electron chi connectivity index (χ0n) is 24.1. The van der Waals surface area contributed by atoms with E-state index in [0.29, 0.717) is 17.5 Å². The number of hydrogen-bond acceptors (Lipinski definition) is 3. The molecule has 0 bridgehead atoms. The fourth-order valence-corrected chi connectivity index (χ4v) is 6.44. The highest BCUT2D eigenvalue weighted by molar-refractivity contribution is 6.02. The molecule has 1 aliphatic rings. The maximum atomic E-state index is 5.05. The summed E-state index contributed by atoms with van der Waals surface area (Å²) in [5.41, 5.74) is 10.4. The van der Waals surface area contributed by atoms with Crippen molar-refractivity contribution in [2.45, 2.75) is 19.3 Å². The van der Waals surface area contributed by atoms with E-state index in [1.54, 1.807) is 0 Å². The van der Waals surface area contributed by atoms with Crippen LogP contribution in [-0.2, 0) is 5.41 Å². The first-order chi connectivity index (χ1) is 21.1. The summed E-state index contributed by atoms with van der Waals surface area (Å²) in [5, 5.41) is 2.56. The first-order valence-corrected chi connectivity index (χ1v) is 14.7. The Balaban J connectivity index is 1.27. The van der Waals surface area contributed by atoms with Gasteiger partial charge in [-0.2, -0.15) is 0 Å². The largest absolute Gasteiger partial charge is 0.208 e. The standard InChI is InChI=1S/C40H29N3/c1-40(2)34-24-22-28-13-9-10-16-32(28)36(34)33-23-21-31(25-35(33)40)39-42-37(29-14-7-4-8-15-29)41-38(43-39)30-19-17-27(18-20-30)26-11-5-3-6-12-26/h3-25H,1-2H3. The SMILES string of the molecule is CC1(C)c2cc(-c3nc(-c4ccccc4)nc(-c4ccc(-c5ccccc5)cc4)n3)ccc2-c2c1ccc1ccccc21. The van der Waals surface area contributed by atoms with Gasteiger partial charge in [0.15, 0.2) is 17.5 Å². The van der Waals surface area contributed by atoms with Crippen LogP contribution in [-0.4, -0.2) is 15.0 Å². The van der Waals surface area contributed by atoms with E-state index in [9.17, 15) is 0 Å². The second kappa shape index (κ2) is 9.85. The van der Waals surface area contributed by atoms with Crippen molar-refractivity contribution in [3.8, 4) is 56.4 Å². The van der Waals surface area contributed by atoms with Crippen LogP contribution in [0.25, 0.3) is 67.2 Å². The van der Waals surface area contributed by atoms with Gasteiger partial charge >= 0.3 is 0 Å². The van der Waals surface area contributed by atoms with Crippen LogP contribution in [0.4, 0.5) is 0 Å². The predicted octanol–water partition coefficient (Wildman–Crippen LogP) is 10.00. The lowest BCUT2D eigenvalue weighted by atomic mass is 9.81. The molecule has 7 aromatic rings. The third-order valence-electron chi connectivity index (χ3n) is 8.74. The zero-order valence-corrected chi connectivity index (χ0v) is 24.1. The van der Waals surface area contributed by atoms with E-state index in [0.717, 1.165) is 22.3 Å². The van der Waals surface area contributed by atoms with E-state index in [1.807, 2.05) is 24.3 Å². The lowest BCUT2D eigenvalue weighted by molar-refractivity contribution is 0.661. The minimum absolute atomic E-state index is 0.143. The summed E-state index contributed by atoms with van der Waals surface area (Å²) in [4.78, 5) is 15.0. The zero-order chi connectivity index (χ0) is 29.0. The molecule has 0 amide bonds. The lowest BCUT2D eigenvalue weighted by Crippen LogP contribution is -2.15. The fraction of sp³-hybridized carbons (Fsp3) is 0.0750. The summed E-state index contributed by atoms with van der Waals surface area (Å²) >= 11 is 0. The molecule has 3 heteroatoms. The van der Waals surface area contributed by atoms with Gasteiger partial charge in [0.25, 0.3) is 0 Å². The van der Waals surface area contributed by atoms with Gasteiger partial charge in [-0.05, 0) is 50.2 Å². The van der Waals surface area contributed by atoms with Crippen LogP contribution in [0.1, 0.15) is 25.0 Å². The van der Waals surface area contributed by atoms with Crippen LogP contribution in [0.15, 0.2) is 140 Å². The van der Waals surface area contributed by atoms with Crippen molar-refractivity contribution in [1.29, 1.82) is 0 Å². The molecule has 0 radical (unpaired) electrons. The highest BCUT2D eigenvalue weighted by Gasteiger charge is 2.36. The van der Waals surface area contributed by atoms with Crippen molar-refractivity contribution in [2.24, 2.45) is 0 Å². The monoisotopic (exact) mass is 551 g/mol. The first-order valence-electron chi connectivity index (χ1n) is 14.7. The third-order valence-corrected chi connectivity index (χ3v) is 8.74. The van der Waals surface area contributed by atoms with Crippen molar-refractivity contribution >= 4 is 10.8 Å². The summed E-state index contributed by atoms with van der Waals surface area (Å²) in [6.45, 7) is 4.64. The van der Waals surface area contributed by atoms with E-state index < -0.39 is 0 Å². The molecule has 0 N–H and O–H groups in total. The Hall–Kier alpha value is -5.41. The molecular formula is C40H29N3. The topological polar surface area (TPSA) is 38.7 Å². The normalized spacial score (nSPS) is 13.1. The van der Waals surface area contributed by atoms with E-state index in [-0.39, 0.29) is 5.41 Å². The Morgan fingerprint density at radius 3 is 1.63 bits per heavy atom. The van der Waals surface area contributed by atoms with E-state index in [1.165, 1.54) is 38.6 Å². The number of hydrogen-bond donors (Lipinski definition) is 0. The maximum Gasteiger partial charge on any atom is 0.164 e. The van der Waals surface area contributed by atoms with Gasteiger partial charge < -0.3 is 0 Å². The quantitative estimate of drug-likeness (QED) is 0.218. The van der Waals surface area contributed by atoms with Crippen molar-refractivity contribution in [2.75, 3.05) is 0 Å². The van der Waals surface area contributed by atoms with Crippen LogP contribution in [0.2, 0.25) is 0 Å². The molecule has 0 saturated heterocycles. The Bertz CT molecular complexity index is 2130. The molecule has 1 heterocycles. The smallest absolute Gasteiger partial charge is 0.164 e. The molecule has 43 heavy (non-hydrogen) atoms. The molecule has 6 aromatic carbocycles. The number of fused-ring (bicyclic) bond motifs is 5. The van der Waals surface area contributed by atoms with Crippen molar-refractivity contribution < 1.29 is 0 Å². The van der Waals surface area contributed by atoms with Crippen molar-refractivity contribution in [1.82, 2.24) is 15.0 Å². The predicted molar refractivity (Wildman–Crippen MR) is 177 cm³/mol. The van der Waals surface area contributed by atoms with Gasteiger partial charge in [0, 0.05) is 22.1 Å². The molecule has 1 aromatic heterocycles. The molecule has 204 valence electrons. The summed E-state index contributed by atoms with van der Waals surface area (Å²) in [6, 6.07) is 49.0. The number of aromatic nitrogens is 3. The molecule has 0 unspecified atom stereocenters. The minimum atomic E-state index is -0.143. The molecule has 1 aliphatic carbocycles. The lowest BCUT2D eigenvalue weighted by Gasteiger charge is -2.22. The number of benzene rings is 6. The Morgan fingerprint density at radius 1 is 0.419 bits per heavy atom. The van der Waals surface area contributed by atoms with Crippen LogP contribution in [0, 0.1) is 0 Å². The molecule has 3 nitrogen and oxygen atoms in total. The number of rotatable bonds is 4. The Kier molecular flexibility index (Phi) is 5.80. The van der Waals surface area contributed by atoms with Gasteiger partial charge in [-0.25, -0.2) is 15.0 Å². The summed E-state index contributed by atoms with van der Waals surface area (Å²) < 4.78 is 0. The van der Waals surface area contributed by atoms with Crippen LogP contribution >= 0.6 is 0 Å². The average Bonchev–Trinajstić information content (AvgIpc) is 3.31. The van der Waals surface area contributed by atoms with Gasteiger partial charge in [0.05, 0.1) is 0 Å². The third kappa shape index (κ3) is 4.24. The summed E-state index contributed by atoms with van der Waals surface area (Å²) in [6.07, 6.45) is 0. The highest BCUT2D eigenvalue weighted by Crippen LogP contribution is 2.52. The molecular weight excluding hydrogens is 522 g/mol. The molecule has 0 spiro atoms. The highest BCUT2D eigenvalue weighted by atomic mass is 15.0. The van der Waals surface area contributed by atoms with Gasteiger partial charge in [-0.3, -0.25) is 0 Å². The molecule has 0 fully saturated rings.